The summed E-state index contributed by atoms with van der Waals surface area (Å²) in [5.74, 6) is -1.45. The van der Waals surface area contributed by atoms with Crippen LogP contribution in [0.5, 0.6) is 0 Å². The summed E-state index contributed by atoms with van der Waals surface area (Å²) >= 11 is 6.36. The highest BCUT2D eigenvalue weighted by molar-refractivity contribution is 6.32. The lowest BCUT2D eigenvalue weighted by Crippen LogP contribution is -2.64. The van der Waals surface area contributed by atoms with Gasteiger partial charge < -0.3 is 10.1 Å². The Morgan fingerprint density at radius 3 is 2.62 bits per heavy atom. The molecule has 3 aromatic rings. The summed E-state index contributed by atoms with van der Waals surface area (Å²) in [6, 6.07) is 16.1. The van der Waals surface area contributed by atoms with Gasteiger partial charge in [0.05, 0.1) is 13.2 Å². The molecule has 2 heterocycles. The zero-order valence-electron chi connectivity index (χ0n) is 19.2. The molecule has 1 N–H and O–H groups in total. The molecule has 34 heavy (non-hydrogen) atoms. The van der Waals surface area contributed by atoms with Gasteiger partial charge in [0.2, 0.25) is 5.91 Å². The van der Waals surface area contributed by atoms with Crippen molar-refractivity contribution in [2.75, 3.05) is 11.5 Å². The molecule has 0 fully saturated rings. The van der Waals surface area contributed by atoms with E-state index in [0.29, 0.717) is 22.8 Å². The molecule has 0 spiro atoms. The van der Waals surface area contributed by atoms with Crippen LogP contribution in [0.2, 0.25) is 5.02 Å². The molecule has 0 radical (unpaired) electrons. The Morgan fingerprint density at radius 2 is 1.91 bits per heavy atom. The van der Waals surface area contributed by atoms with Gasteiger partial charge in [-0.2, -0.15) is 5.10 Å². The number of hydrogen-bond acceptors (Lipinski definition) is 5. The zero-order chi connectivity index (χ0) is 24.5. The van der Waals surface area contributed by atoms with Gasteiger partial charge in [-0.15, -0.1) is 0 Å². The van der Waals surface area contributed by atoms with Crippen molar-refractivity contribution >= 4 is 35.1 Å². The van der Waals surface area contributed by atoms with E-state index in [-0.39, 0.29) is 30.4 Å². The number of carbonyl (C=O) groups is 3. The lowest BCUT2D eigenvalue weighted by atomic mass is 9.93. The second kappa shape index (κ2) is 9.30. The third-order valence-corrected chi connectivity index (χ3v) is 6.31. The lowest BCUT2D eigenvalue weighted by Gasteiger charge is -2.43. The molecule has 8 nitrogen and oxygen atoms in total. The average molecular weight is 481 g/mol. The van der Waals surface area contributed by atoms with Gasteiger partial charge in [0.25, 0.3) is 5.91 Å². The first-order valence-electron chi connectivity index (χ1n) is 10.9. The minimum Gasteiger partial charge on any atom is -0.461 e. The SMILES string of the molecule is CCOC(=O)c1cc2n(n1)C[C@@](C)(C(=O)NCc1ccccc1)N(c1cccc(Cl)c1C)C2=O. The van der Waals surface area contributed by atoms with Crippen LogP contribution in [-0.2, 0) is 22.6 Å². The number of ether oxygens (including phenoxy) is 1. The first-order valence-corrected chi connectivity index (χ1v) is 11.3. The molecule has 0 unspecified atom stereocenters. The van der Waals surface area contributed by atoms with E-state index >= 15 is 0 Å². The molecule has 176 valence electrons. The molecule has 0 saturated carbocycles. The fraction of sp³-hybridized carbons (Fsp3) is 0.280. The number of amides is 2. The molecular formula is C25H25ClN4O4. The third kappa shape index (κ3) is 4.17. The van der Waals surface area contributed by atoms with Gasteiger partial charge in [-0.05, 0) is 44.0 Å². The van der Waals surface area contributed by atoms with E-state index in [1.54, 1.807) is 39.0 Å². The average Bonchev–Trinajstić information content (AvgIpc) is 3.25. The monoisotopic (exact) mass is 480 g/mol. The van der Waals surface area contributed by atoms with Crippen molar-refractivity contribution in [3.63, 3.8) is 0 Å². The second-order valence-corrected chi connectivity index (χ2v) is 8.67. The Morgan fingerprint density at radius 1 is 1.18 bits per heavy atom. The van der Waals surface area contributed by atoms with Crippen molar-refractivity contribution in [3.8, 4) is 0 Å². The maximum absolute atomic E-state index is 13.8. The molecule has 4 rings (SSSR count). The van der Waals surface area contributed by atoms with Crippen molar-refractivity contribution in [2.24, 2.45) is 0 Å². The summed E-state index contributed by atoms with van der Waals surface area (Å²) in [6.07, 6.45) is 0. The predicted octanol–water partition coefficient (Wildman–Crippen LogP) is 3.76. The number of benzene rings is 2. The molecule has 0 aliphatic carbocycles. The fourth-order valence-corrected chi connectivity index (χ4v) is 4.24. The summed E-state index contributed by atoms with van der Waals surface area (Å²) in [7, 11) is 0. The highest BCUT2D eigenvalue weighted by Gasteiger charge is 2.49. The van der Waals surface area contributed by atoms with Crippen molar-refractivity contribution in [1.29, 1.82) is 0 Å². The molecule has 9 heteroatoms. The summed E-state index contributed by atoms with van der Waals surface area (Å²) in [6.45, 7) is 5.69. The highest BCUT2D eigenvalue weighted by atomic mass is 35.5. The Hall–Kier alpha value is -3.65. The quantitative estimate of drug-likeness (QED) is 0.542. The topological polar surface area (TPSA) is 93.5 Å². The van der Waals surface area contributed by atoms with Gasteiger partial charge in [-0.1, -0.05) is 48.0 Å². The van der Waals surface area contributed by atoms with Gasteiger partial charge in [-0.25, -0.2) is 4.79 Å². The molecule has 0 bridgehead atoms. The zero-order valence-corrected chi connectivity index (χ0v) is 19.9. The van der Waals surface area contributed by atoms with Crippen LogP contribution in [-0.4, -0.2) is 39.7 Å². The molecular weight excluding hydrogens is 456 g/mol. The Kier molecular flexibility index (Phi) is 6.43. The lowest BCUT2D eigenvalue weighted by molar-refractivity contribution is -0.126. The fourth-order valence-electron chi connectivity index (χ4n) is 4.07. The van der Waals surface area contributed by atoms with E-state index in [4.69, 9.17) is 16.3 Å². The first-order chi connectivity index (χ1) is 16.3. The Labute approximate surface area is 202 Å². The summed E-state index contributed by atoms with van der Waals surface area (Å²) in [5.41, 5.74) is 0.971. The maximum Gasteiger partial charge on any atom is 0.358 e. The minimum absolute atomic E-state index is 0.0157. The van der Waals surface area contributed by atoms with Crippen molar-refractivity contribution < 1.29 is 19.1 Å². The van der Waals surface area contributed by atoms with Crippen molar-refractivity contribution in [3.05, 3.63) is 82.1 Å². The van der Waals surface area contributed by atoms with E-state index < -0.39 is 17.4 Å². The number of nitrogens with zero attached hydrogens (tertiary/aromatic N) is 3. The van der Waals surface area contributed by atoms with E-state index in [9.17, 15) is 14.4 Å². The number of nitrogens with one attached hydrogen (secondary N) is 1. The number of rotatable bonds is 6. The molecule has 1 aliphatic heterocycles. The van der Waals surface area contributed by atoms with Gasteiger partial charge in [-0.3, -0.25) is 19.2 Å². The summed E-state index contributed by atoms with van der Waals surface area (Å²) < 4.78 is 6.43. The van der Waals surface area contributed by atoms with Crippen LogP contribution in [0.25, 0.3) is 0 Å². The molecule has 1 atom stereocenters. The second-order valence-electron chi connectivity index (χ2n) is 8.26. The van der Waals surface area contributed by atoms with Crippen molar-refractivity contribution in [2.45, 2.75) is 39.4 Å². The number of aromatic nitrogens is 2. The molecule has 2 aromatic carbocycles. The summed E-state index contributed by atoms with van der Waals surface area (Å²) in [5, 5.41) is 7.69. The van der Waals surface area contributed by atoms with Crippen LogP contribution in [0.15, 0.2) is 54.6 Å². The van der Waals surface area contributed by atoms with Gasteiger partial charge in [0.15, 0.2) is 5.69 Å². The van der Waals surface area contributed by atoms with E-state index in [0.717, 1.165) is 5.56 Å². The van der Waals surface area contributed by atoms with Gasteiger partial charge >= 0.3 is 5.97 Å². The Bertz CT molecular complexity index is 1260. The van der Waals surface area contributed by atoms with E-state index in [2.05, 4.69) is 10.4 Å². The smallest absolute Gasteiger partial charge is 0.358 e. The van der Waals surface area contributed by atoms with Crippen molar-refractivity contribution in [1.82, 2.24) is 15.1 Å². The molecule has 0 saturated heterocycles. The first kappa shape index (κ1) is 23.5. The molecule has 2 amide bonds. The Balaban J connectivity index is 1.77. The standard InChI is InChI=1S/C25H25ClN4O4/c1-4-34-23(32)19-13-21-22(31)30(20-12-8-11-18(26)16(20)2)25(3,15-29(21)28-19)24(33)27-14-17-9-6-5-7-10-17/h5-13H,4,14-15H2,1-3H3,(H,27,33)/t25-/m0/s1. The largest absolute Gasteiger partial charge is 0.461 e. The van der Waals surface area contributed by atoms with Gasteiger partial charge in [0.1, 0.15) is 11.2 Å². The molecule has 1 aromatic heterocycles. The van der Waals surface area contributed by atoms with Gasteiger partial charge in [0, 0.05) is 23.3 Å². The van der Waals surface area contributed by atoms with E-state index in [1.807, 2.05) is 30.3 Å². The van der Waals surface area contributed by atoms with Crippen LogP contribution in [0.1, 0.15) is 46.0 Å². The number of fused-ring (bicyclic) bond motifs is 1. The number of hydrogen-bond donors (Lipinski definition) is 1. The maximum atomic E-state index is 13.8. The number of carbonyl (C=O) groups excluding carboxylic acids is 3. The van der Waals surface area contributed by atoms with Crippen LogP contribution >= 0.6 is 11.6 Å². The van der Waals surface area contributed by atoms with Crippen LogP contribution in [0.3, 0.4) is 0 Å². The number of anilines is 1. The van der Waals surface area contributed by atoms with Crippen LogP contribution in [0, 0.1) is 6.92 Å². The molecule has 1 aliphatic rings. The number of esters is 1. The predicted molar refractivity (Wildman–Crippen MR) is 128 cm³/mol. The van der Waals surface area contributed by atoms with E-state index in [1.165, 1.54) is 15.6 Å². The van der Waals surface area contributed by atoms with Crippen LogP contribution in [0.4, 0.5) is 5.69 Å². The minimum atomic E-state index is -1.34. The van der Waals surface area contributed by atoms with Crippen LogP contribution < -0.4 is 10.2 Å². The number of halogens is 1. The third-order valence-electron chi connectivity index (χ3n) is 5.90. The normalized spacial score (nSPS) is 17.3. The summed E-state index contributed by atoms with van der Waals surface area (Å²) in [4.78, 5) is 41.1. The highest BCUT2D eigenvalue weighted by Crippen LogP contribution is 2.36.